The Balaban J connectivity index is 1.34. The molecular weight excluding hydrogens is 466 g/mol. The van der Waals surface area contributed by atoms with Gasteiger partial charge in [0.15, 0.2) is 5.13 Å². The van der Waals surface area contributed by atoms with Gasteiger partial charge in [-0.25, -0.2) is 4.98 Å². The zero-order valence-corrected chi connectivity index (χ0v) is 20.6. The van der Waals surface area contributed by atoms with Crippen LogP contribution in [0.5, 0.6) is 0 Å². The third kappa shape index (κ3) is 5.14. The van der Waals surface area contributed by atoms with Gasteiger partial charge in [0.1, 0.15) is 6.61 Å². The Morgan fingerprint density at radius 3 is 2.46 bits per heavy atom. The first-order chi connectivity index (χ1) is 16.8. The number of nitrogens with zero attached hydrogens (tertiary/aromatic N) is 3. The molecule has 0 saturated heterocycles. The molecule has 0 atom stereocenters. The normalized spacial score (nSPS) is 12.6. The summed E-state index contributed by atoms with van der Waals surface area (Å²) in [5.41, 5.74) is 3.98. The average Bonchev–Trinajstić information content (AvgIpc) is 3.39. The molecule has 180 valence electrons. The first-order valence-corrected chi connectivity index (χ1v) is 12.1. The van der Waals surface area contributed by atoms with Crippen LogP contribution in [0, 0.1) is 6.92 Å². The molecule has 35 heavy (non-hydrogen) atoms. The number of aryl methyl sites for hydroxylation is 2. The van der Waals surface area contributed by atoms with Gasteiger partial charge in [-0.15, -0.1) is 11.3 Å². The smallest absolute Gasteiger partial charge is 0.307 e. The second-order valence-electron chi connectivity index (χ2n) is 8.22. The van der Waals surface area contributed by atoms with Crippen molar-refractivity contribution in [3.63, 3.8) is 0 Å². The third-order valence-electron chi connectivity index (χ3n) is 5.70. The molecule has 1 aliphatic heterocycles. The van der Waals surface area contributed by atoms with Crippen LogP contribution in [0.1, 0.15) is 57.8 Å². The van der Waals surface area contributed by atoms with Gasteiger partial charge < -0.3 is 4.74 Å². The number of carbonyl (C=O) groups is 4. The number of aromatic nitrogens is 1. The zero-order chi connectivity index (χ0) is 25.1. The molecule has 3 aromatic rings. The molecular formula is C26H25N3O5S. The van der Waals surface area contributed by atoms with E-state index in [-0.39, 0.29) is 25.5 Å². The Hall–Kier alpha value is -3.85. The molecule has 0 bridgehead atoms. The van der Waals surface area contributed by atoms with Crippen molar-refractivity contribution in [3.05, 3.63) is 75.8 Å². The fourth-order valence-electron chi connectivity index (χ4n) is 3.81. The molecule has 3 amide bonds. The van der Waals surface area contributed by atoms with Crippen molar-refractivity contribution in [1.82, 2.24) is 9.88 Å². The molecule has 9 heteroatoms. The van der Waals surface area contributed by atoms with Crippen LogP contribution in [0.4, 0.5) is 10.8 Å². The highest BCUT2D eigenvalue weighted by Crippen LogP contribution is 2.29. The molecule has 0 radical (unpaired) electrons. The number of esters is 1. The lowest BCUT2D eigenvalue weighted by molar-refractivity contribution is -0.145. The third-order valence-corrected chi connectivity index (χ3v) is 6.57. The number of thiazole rings is 1. The summed E-state index contributed by atoms with van der Waals surface area (Å²) >= 11 is 1.28. The highest BCUT2D eigenvalue weighted by molar-refractivity contribution is 7.14. The van der Waals surface area contributed by atoms with Gasteiger partial charge in [-0.05, 0) is 43.2 Å². The van der Waals surface area contributed by atoms with Gasteiger partial charge in [0, 0.05) is 18.8 Å². The van der Waals surface area contributed by atoms with Crippen LogP contribution in [0.15, 0.2) is 47.8 Å². The van der Waals surface area contributed by atoms with E-state index >= 15 is 0 Å². The van der Waals surface area contributed by atoms with E-state index in [0.29, 0.717) is 27.6 Å². The highest BCUT2D eigenvalue weighted by Gasteiger charge is 2.35. The number of hydrogen-bond acceptors (Lipinski definition) is 7. The molecule has 1 aromatic heterocycles. The standard InChI is InChI=1S/C26H25N3O5S/c1-4-18-6-8-20(9-7-18)29(17(3)30)26-27-19(15-35-26)14-34-23(31)11-12-28-24(32)21-10-5-16(2)13-22(21)25(28)33/h5-10,13,15H,4,11-12,14H2,1-3H3. The van der Waals surface area contributed by atoms with Crippen molar-refractivity contribution in [1.29, 1.82) is 0 Å². The minimum absolute atomic E-state index is 0.0571. The van der Waals surface area contributed by atoms with E-state index in [1.165, 1.54) is 28.7 Å². The number of ether oxygens (including phenoxy) is 1. The van der Waals surface area contributed by atoms with Gasteiger partial charge in [-0.3, -0.25) is 29.0 Å². The lowest BCUT2D eigenvalue weighted by Gasteiger charge is -2.18. The molecule has 2 aromatic carbocycles. The molecule has 8 nitrogen and oxygen atoms in total. The Bertz CT molecular complexity index is 1300. The van der Waals surface area contributed by atoms with E-state index in [9.17, 15) is 19.2 Å². The monoisotopic (exact) mass is 491 g/mol. The van der Waals surface area contributed by atoms with Gasteiger partial charge >= 0.3 is 5.97 Å². The molecule has 0 N–H and O–H groups in total. The largest absolute Gasteiger partial charge is 0.459 e. The van der Waals surface area contributed by atoms with Crippen LogP contribution >= 0.6 is 11.3 Å². The summed E-state index contributed by atoms with van der Waals surface area (Å²) in [6.45, 7) is 5.25. The Labute approximate surface area is 207 Å². The lowest BCUT2D eigenvalue weighted by Crippen LogP contribution is -2.32. The number of benzene rings is 2. The van der Waals surface area contributed by atoms with Crippen LogP contribution in [-0.4, -0.2) is 40.1 Å². The number of imide groups is 1. The summed E-state index contributed by atoms with van der Waals surface area (Å²) in [4.78, 5) is 56.6. The first kappa shape index (κ1) is 24.3. The average molecular weight is 492 g/mol. The summed E-state index contributed by atoms with van der Waals surface area (Å²) in [6, 6.07) is 12.8. The fraction of sp³-hybridized carbons (Fsp3) is 0.269. The lowest BCUT2D eigenvalue weighted by atomic mass is 10.1. The number of hydrogen-bond donors (Lipinski definition) is 0. The topological polar surface area (TPSA) is 96.9 Å². The zero-order valence-electron chi connectivity index (χ0n) is 19.7. The van der Waals surface area contributed by atoms with E-state index in [0.717, 1.165) is 16.9 Å². The molecule has 0 aliphatic carbocycles. The maximum absolute atomic E-state index is 12.5. The Kier molecular flexibility index (Phi) is 7.07. The van der Waals surface area contributed by atoms with Crippen LogP contribution < -0.4 is 4.90 Å². The van der Waals surface area contributed by atoms with E-state index in [1.807, 2.05) is 31.2 Å². The summed E-state index contributed by atoms with van der Waals surface area (Å²) in [7, 11) is 0. The second kappa shape index (κ2) is 10.2. The maximum atomic E-state index is 12.5. The van der Waals surface area contributed by atoms with E-state index in [4.69, 9.17) is 4.74 Å². The predicted octanol–water partition coefficient (Wildman–Crippen LogP) is 4.43. The number of carbonyl (C=O) groups excluding carboxylic acids is 4. The molecule has 0 spiro atoms. The van der Waals surface area contributed by atoms with Crippen molar-refractivity contribution in [2.75, 3.05) is 11.4 Å². The summed E-state index contributed by atoms with van der Waals surface area (Å²) in [5, 5.41) is 2.21. The van der Waals surface area contributed by atoms with Crippen LogP contribution in [0.2, 0.25) is 0 Å². The van der Waals surface area contributed by atoms with E-state index in [1.54, 1.807) is 23.6 Å². The summed E-state index contributed by atoms with van der Waals surface area (Å²) in [6.07, 6.45) is 0.782. The van der Waals surface area contributed by atoms with Crippen molar-refractivity contribution >= 4 is 45.8 Å². The molecule has 0 saturated carbocycles. The minimum Gasteiger partial charge on any atom is -0.459 e. The van der Waals surface area contributed by atoms with E-state index in [2.05, 4.69) is 11.9 Å². The van der Waals surface area contributed by atoms with Gasteiger partial charge in [0.05, 0.1) is 28.9 Å². The quantitative estimate of drug-likeness (QED) is 0.342. The Morgan fingerprint density at radius 1 is 1.06 bits per heavy atom. The van der Waals surface area contributed by atoms with Crippen molar-refractivity contribution in [3.8, 4) is 0 Å². The van der Waals surface area contributed by atoms with Gasteiger partial charge in [0.25, 0.3) is 11.8 Å². The maximum Gasteiger partial charge on any atom is 0.307 e. The highest BCUT2D eigenvalue weighted by atomic mass is 32.1. The minimum atomic E-state index is -0.550. The SMILES string of the molecule is CCc1ccc(N(C(C)=O)c2nc(COC(=O)CCN3C(=O)c4ccc(C)cc4C3=O)cs2)cc1. The number of fused-ring (bicyclic) bond motifs is 1. The number of anilines is 2. The van der Waals surface area contributed by atoms with Crippen LogP contribution in [0.25, 0.3) is 0 Å². The van der Waals surface area contributed by atoms with Crippen LogP contribution in [0.3, 0.4) is 0 Å². The van der Waals surface area contributed by atoms with Crippen molar-refractivity contribution in [2.45, 2.75) is 40.2 Å². The van der Waals surface area contributed by atoms with Crippen LogP contribution in [-0.2, 0) is 27.4 Å². The second-order valence-corrected chi connectivity index (χ2v) is 9.05. The molecule has 0 unspecified atom stereocenters. The van der Waals surface area contributed by atoms with Gasteiger partial charge in [0.2, 0.25) is 5.91 Å². The van der Waals surface area contributed by atoms with Gasteiger partial charge in [-0.1, -0.05) is 30.7 Å². The molecule has 0 fully saturated rings. The molecule has 4 rings (SSSR count). The molecule has 2 heterocycles. The predicted molar refractivity (Wildman–Crippen MR) is 132 cm³/mol. The summed E-state index contributed by atoms with van der Waals surface area (Å²) < 4.78 is 5.30. The van der Waals surface area contributed by atoms with Crippen molar-refractivity contribution < 1.29 is 23.9 Å². The molecule has 1 aliphatic rings. The Morgan fingerprint density at radius 2 is 1.77 bits per heavy atom. The summed E-state index contributed by atoms with van der Waals surface area (Å²) in [5.74, 6) is -1.53. The fourth-order valence-corrected chi connectivity index (χ4v) is 4.68. The van der Waals surface area contributed by atoms with Crippen molar-refractivity contribution in [2.24, 2.45) is 0 Å². The number of rotatable bonds is 8. The van der Waals surface area contributed by atoms with Gasteiger partial charge in [-0.2, -0.15) is 0 Å². The van der Waals surface area contributed by atoms with E-state index < -0.39 is 17.8 Å². The number of amides is 3. The first-order valence-electron chi connectivity index (χ1n) is 11.2.